The first-order chi connectivity index (χ1) is 8.74. The van der Waals surface area contributed by atoms with Gasteiger partial charge in [0.1, 0.15) is 5.69 Å². The van der Waals surface area contributed by atoms with E-state index in [-0.39, 0.29) is 5.69 Å². The molecule has 0 aliphatic heterocycles. The molecule has 1 N–H and O–H groups in total. The van der Waals surface area contributed by atoms with Crippen LogP contribution in [0.2, 0.25) is 0 Å². The second-order valence-electron chi connectivity index (χ2n) is 4.48. The highest BCUT2D eigenvalue weighted by Gasteiger charge is 2.20. The first-order valence-electron chi connectivity index (χ1n) is 5.96. The van der Waals surface area contributed by atoms with Crippen molar-refractivity contribution in [1.29, 1.82) is 0 Å². The summed E-state index contributed by atoms with van der Waals surface area (Å²) >= 11 is 0. The molecule has 1 aromatic heterocycles. The third-order valence-corrected chi connectivity index (χ3v) is 2.96. The molecule has 1 heterocycles. The molecule has 0 atom stereocenters. The smallest absolute Gasteiger partial charge is 0.151 e. The third-order valence-electron chi connectivity index (χ3n) is 2.96. The maximum Gasteiger partial charge on any atom is 0.151 e. The number of nitrogens with zero attached hydrogens (tertiary/aromatic N) is 2. The lowest BCUT2D eigenvalue weighted by Gasteiger charge is -2.04. The van der Waals surface area contributed by atoms with E-state index < -0.39 is 11.6 Å². The van der Waals surface area contributed by atoms with Crippen LogP contribution in [0, 0.1) is 11.6 Å². The molecule has 1 aliphatic rings. The molecule has 94 valence electrons. The molecule has 0 radical (unpaired) electrons. The Labute approximate surface area is 103 Å². The van der Waals surface area contributed by atoms with Crippen LogP contribution < -0.4 is 5.32 Å². The maximum absolute atomic E-state index is 13.6. The predicted molar refractivity (Wildman–Crippen MR) is 63.3 cm³/mol. The Morgan fingerprint density at radius 2 is 1.94 bits per heavy atom. The average molecular weight is 249 g/mol. The lowest BCUT2D eigenvalue weighted by Crippen LogP contribution is -2.16. The fourth-order valence-electron chi connectivity index (χ4n) is 1.82. The molecule has 1 fully saturated rings. The Hall–Kier alpha value is -1.75. The van der Waals surface area contributed by atoms with E-state index in [1.165, 1.54) is 35.7 Å². The third kappa shape index (κ3) is 2.26. The summed E-state index contributed by atoms with van der Waals surface area (Å²) in [6.07, 6.45) is 3.97. The van der Waals surface area contributed by atoms with E-state index in [0.717, 1.165) is 5.69 Å². The quantitative estimate of drug-likeness (QED) is 0.901. The van der Waals surface area contributed by atoms with E-state index in [4.69, 9.17) is 0 Å². The number of rotatable bonds is 4. The van der Waals surface area contributed by atoms with Gasteiger partial charge in [0, 0.05) is 18.8 Å². The minimum absolute atomic E-state index is 0.129. The molecule has 0 bridgehead atoms. The average Bonchev–Trinajstić information content (AvgIpc) is 3.06. The molecule has 1 aromatic carbocycles. The summed E-state index contributed by atoms with van der Waals surface area (Å²) in [6.45, 7) is 0.633. The Morgan fingerprint density at radius 1 is 1.22 bits per heavy atom. The lowest BCUT2D eigenvalue weighted by molar-refractivity contribution is 0.557. The van der Waals surface area contributed by atoms with Gasteiger partial charge in [-0.2, -0.15) is 5.10 Å². The Balaban J connectivity index is 1.83. The molecule has 0 saturated heterocycles. The van der Waals surface area contributed by atoms with Gasteiger partial charge < -0.3 is 5.32 Å². The number of benzene rings is 1. The van der Waals surface area contributed by atoms with Crippen LogP contribution in [0.1, 0.15) is 18.5 Å². The molecule has 3 rings (SSSR count). The van der Waals surface area contributed by atoms with Crippen LogP contribution in [0.25, 0.3) is 5.69 Å². The molecule has 1 aliphatic carbocycles. The highest BCUT2D eigenvalue weighted by molar-refractivity contribution is 5.34. The van der Waals surface area contributed by atoms with Crippen molar-refractivity contribution in [2.45, 2.75) is 25.4 Å². The fraction of sp³-hybridized carbons (Fsp3) is 0.308. The highest BCUT2D eigenvalue weighted by Crippen LogP contribution is 2.20. The number of hydrogen-bond donors (Lipinski definition) is 1. The van der Waals surface area contributed by atoms with Crippen LogP contribution in [-0.2, 0) is 6.54 Å². The number of para-hydroxylation sites is 1. The van der Waals surface area contributed by atoms with Gasteiger partial charge in [0.25, 0.3) is 0 Å². The normalized spacial score (nSPS) is 15.0. The van der Waals surface area contributed by atoms with Crippen LogP contribution in [0.3, 0.4) is 0 Å². The van der Waals surface area contributed by atoms with Crippen LogP contribution in [0.5, 0.6) is 0 Å². The summed E-state index contributed by atoms with van der Waals surface area (Å²) in [5.74, 6) is -1.22. The highest BCUT2D eigenvalue weighted by atomic mass is 19.1. The number of hydrogen-bond acceptors (Lipinski definition) is 2. The number of nitrogens with one attached hydrogen (secondary N) is 1. The van der Waals surface area contributed by atoms with Crippen molar-refractivity contribution in [2.75, 3.05) is 0 Å². The molecule has 5 heteroatoms. The van der Waals surface area contributed by atoms with Gasteiger partial charge in [-0.1, -0.05) is 6.07 Å². The summed E-state index contributed by atoms with van der Waals surface area (Å²) in [4.78, 5) is 0. The maximum atomic E-state index is 13.6. The lowest BCUT2D eigenvalue weighted by atomic mass is 10.3. The molecule has 2 aromatic rings. The summed E-state index contributed by atoms with van der Waals surface area (Å²) < 4.78 is 28.4. The molecule has 1 saturated carbocycles. The number of halogens is 2. The summed E-state index contributed by atoms with van der Waals surface area (Å²) in [7, 11) is 0. The van der Waals surface area contributed by atoms with Gasteiger partial charge >= 0.3 is 0 Å². The molecule has 0 spiro atoms. The number of aromatic nitrogens is 2. The molecule has 0 amide bonds. The van der Waals surface area contributed by atoms with Gasteiger partial charge in [0.2, 0.25) is 0 Å². The zero-order valence-corrected chi connectivity index (χ0v) is 9.74. The van der Waals surface area contributed by atoms with Gasteiger partial charge in [-0.25, -0.2) is 13.5 Å². The van der Waals surface area contributed by atoms with Gasteiger partial charge in [-0.15, -0.1) is 0 Å². The summed E-state index contributed by atoms with van der Waals surface area (Å²) in [5, 5.41) is 7.48. The Bertz CT molecular complexity index is 541. The largest absolute Gasteiger partial charge is 0.308 e. The van der Waals surface area contributed by atoms with Gasteiger partial charge in [0.15, 0.2) is 11.6 Å². The molecule has 3 nitrogen and oxygen atoms in total. The summed E-state index contributed by atoms with van der Waals surface area (Å²) in [5.41, 5.74) is 0.653. The second-order valence-corrected chi connectivity index (χ2v) is 4.48. The van der Waals surface area contributed by atoms with E-state index in [9.17, 15) is 8.78 Å². The zero-order chi connectivity index (χ0) is 12.5. The predicted octanol–water partition coefficient (Wildman–Crippen LogP) is 2.40. The SMILES string of the molecule is Fc1cccc(F)c1-n1ccc(CNC2CC2)n1. The summed E-state index contributed by atoms with van der Waals surface area (Å²) in [6, 6.07) is 6.14. The standard InChI is InChI=1S/C13H13F2N3/c14-11-2-1-3-12(15)13(11)18-7-6-10(17-18)8-16-9-4-5-9/h1-3,6-7,9,16H,4-5,8H2. The minimum Gasteiger partial charge on any atom is -0.308 e. The monoisotopic (exact) mass is 249 g/mol. The molecular weight excluding hydrogens is 236 g/mol. The Kier molecular flexibility index (Phi) is 2.83. The topological polar surface area (TPSA) is 29.9 Å². The molecule has 18 heavy (non-hydrogen) atoms. The van der Waals surface area contributed by atoms with E-state index >= 15 is 0 Å². The fourth-order valence-corrected chi connectivity index (χ4v) is 1.82. The van der Waals surface area contributed by atoms with Crippen molar-refractivity contribution in [3.63, 3.8) is 0 Å². The van der Waals surface area contributed by atoms with E-state index in [1.54, 1.807) is 12.3 Å². The van der Waals surface area contributed by atoms with Gasteiger partial charge in [-0.05, 0) is 31.0 Å². The Morgan fingerprint density at radius 3 is 2.61 bits per heavy atom. The van der Waals surface area contributed by atoms with Gasteiger partial charge in [0.05, 0.1) is 5.69 Å². The van der Waals surface area contributed by atoms with Crippen molar-refractivity contribution >= 4 is 0 Å². The van der Waals surface area contributed by atoms with Crippen LogP contribution in [0.4, 0.5) is 8.78 Å². The van der Waals surface area contributed by atoms with Crippen LogP contribution in [-0.4, -0.2) is 15.8 Å². The van der Waals surface area contributed by atoms with Crippen LogP contribution in [0.15, 0.2) is 30.5 Å². The second kappa shape index (κ2) is 4.49. The molecular formula is C13H13F2N3. The van der Waals surface area contributed by atoms with E-state index in [1.807, 2.05) is 0 Å². The first kappa shape index (κ1) is 11.3. The van der Waals surface area contributed by atoms with E-state index in [2.05, 4.69) is 10.4 Å². The molecule has 0 unspecified atom stereocenters. The minimum atomic E-state index is -0.611. The van der Waals surface area contributed by atoms with Gasteiger partial charge in [-0.3, -0.25) is 0 Å². The van der Waals surface area contributed by atoms with Crippen molar-refractivity contribution < 1.29 is 8.78 Å². The van der Waals surface area contributed by atoms with Crippen molar-refractivity contribution in [3.8, 4) is 5.69 Å². The van der Waals surface area contributed by atoms with Crippen molar-refractivity contribution in [3.05, 3.63) is 47.8 Å². The van der Waals surface area contributed by atoms with Crippen LogP contribution >= 0.6 is 0 Å². The van der Waals surface area contributed by atoms with Crippen molar-refractivity contribution in [1.82, 2.24) is 15.1 Å². The van der Waals surface area contributed by atoms with Crippen molar-refractivity contribution in [2.24, 2.45) is 0 Å². The zero-order valence-electron chi connectivity index (χ0n) is 9.74. The first-order valence-corrected chi connectivity index (χ1v) is 5.96. The van der Waals surface area contributed by atoms with E-state index in [0.29, 0.717) is 12.6 Å².